The summed E-state index contributed by atoms with van der Waals surface area (Å²) in [6.45, 7) is 8.46. The summed E-state index contributed by atoms with van der Waals surface area (Å²) < 4.78 is 5.34. The van der Waals surface area contributed by atoms with E-state index in [-0.39, 0.29) is 5.41 Å². The van der Waals surface area contributed by atoms with Gasteiger partial charge >= 0.3 is 0 Å². The van der Waals surface area contributed by atoms with Crippen molar-refractivity contribution in [3.8, 4) is 0 Å². The minimum atomic E-state index is -0.150. The number of nitrogens with two attached hydrogens (primary N) is 1. The van der Waals surface area contributed by atoms with Crippen molar-refractivity contribution in [2.24, 2.45) is 5.92 Å². The highest BCUT2D eigenvalue weighted by atomic mass is 32.2. The molecule has 0 saturated heterocycles. The third-order valence-electron chi connectivity index (χ3n) is 4.60. The monoisotopic (exact) mass is 389 g/mol. The van der Waals surface area contributed by atoms with Crippen LogP contribution in [0.4, 0.5) is 5.82 Å². The highest BCUT2D eigenvalue weighted by Crippen LogP contribution is 2.40. The van der Waals surface area contributed by atoms with Crippen molar-refractivity contribution in [2.75, 3.05) is 5.73 Å². The molecule has 1 atom stereocenters. The van der Waals surface area contributed by atoms with Gasteiger partial charge in [-0.15, -0.1) is 11.3 Å². The number of nitrogen functional groups attached to an aromatic ring is 1. The summed E-state index contributed by atoms with van der Waals surface area (Å²) in [6, 6.07) is 0. The average Bonchev–Trinajstić information content (AvgIpc) is 3.16. The summed E-state index contributed by atoms with van der Waals surface area (Å²) in [7, 11) is 0. The maximum absolute atomic E-state index is 6.28. The normalized spacial score (nSPS) is 17.6. The molecule has 0 saturated carbocycles. The van der Waals surface area contributed by atoms with Crippen LogP contribution in [0.25, 0.3) is 10.2 Å². The van der Waals surface area contributed by atoms with Gasteiger partial charge in [0.2, 0.25) is 5.89 Å². The molecule has 3 heterocycles. The fourth-order valence-electron chi connectivity index (χ4n) is 3.16. The first kappa shape index (κ1) is 17.7. The molecule has 0 radical (unpaired) electrons. The van der Waals surface area contributed by atoms with Crippen LogP contribution in [0.1, 0.15) is 56.3 Å². The lowest BCUT2D eigenvalue weighted by molar-refractivity contribution is 0.319. The zero-order chi connectivity index (χ0) is 18.5. The molecule has 1 aliphatic carbocycles. The van der Waals surface area contributed by atoms with Gasteiger partial charge in [0.15, 0.2) is 11.0 Å². The number of thiophene rings is 1. The number of hydrogen-bond donors (Lipinski definition) is 1. The quantitative estimate of drug-likeness (QED) is 0.525. The molecule has 0 bridgehead atoms. The zero-order valence-corrected chi connectivity index (χ0v) is 17.1. The van der Waals surface area contributed by atoms with E-state index in [0.29, 0.717) is 28.4 Å². The van der Waals surface area contributed by atoms with E-state index >= 15 is 0 Å². The van der Waals surface area contributed by atoms with Crippen LogP contribution >= 0.6 is 23.1 Å². The molecule has 138 valence electrons. The zero-order valence-electron chi connectivity index (χ0n) is 15.5. The average molecular weight is 390 g/mol. The summed E-state index contributed by atoms with van der Waals surface area (Å²) >= 11 is 3.26. The lowest BCUT2D eigenvalue weighted by Crippen LogP contribution is -2.11. The molecule has 6 nitrogen and oxygen atoms in total. The van der Waals surface area contributed by atoms with Crippen LogP contribution < -0.4 is 5.73 Å². The predicted octanol–water partition coefficient (Wildman–Crippen LogP) is 4.37. The van der Waals surface area contributed by atoms with Crippen molar-refractivity contribution < 1.29 is 4.52 Å². The number of fused-ring (bicyclic) bond motifs is 3. The van der Waals surface area contributed by atoms with Gasteiger partial charge in [0.25, 0.3) is 0 Å². The Morgan fingerprint density at radius 2 is 2.08 bits per heavy atom. The topological polar surface area (TPSA) is 90.7 Å². The van der Waals surface area contributed by atoms with E-state index in [4.69, 9.17) is 15.2 Å². The molecule has 4 rings (SSSR count). The summed E-state index contributed by atoms with van der Waals surface area (Å²) in [4.78, 5) is 16.2. The first-order valence-corrected chi connectivity index (χ1v) is 10.6. The Labute approximate surface area is 161 Å². The minimum Gasteiger partial charge on any atom is -0.383 e. The Morgan fingerprint density at radius 1 is 1.27 bits per heavy atom. The molecular formula is C18H23N5OS2. The van der Waals surface area contributed by atoms with Gasteiger partial charge in [0.05, 0.1) is 11.1 Å². The third kappa shape index (κ3) is 3.32. The molecule has 1 aliphatic rings. The predicted molar refractivity (Wildman–Crippen MR) is 106 cm³/mol. The number of rotatable bonds is 3. The Balaban J connectivity index is 1.57. The number of nitrogens with zero attached hydrogens (tertiary/aromatic N) is 4. The lowest BCUT2D eigenvalue weighted by Gasteiger charge is -2.17. The van der Waals surface area contributed by atoms with Gasteiger partial charge in [0.1, 0.15) is 10.6 Å². The van der Waals surface area contributed by atoms with Crippen LogP contribution in [0.3, 0.4) is 0 Å². The van der Waals surface area contributed by atoms with E-state index in [1.807, 2.05) is 0 Å². The molecule has 26 heavy (non-hydrogen) atoms. The van der Waals surface area contributed by atoms with Crippen LogP contribution in [0, 0.1) is 5.92 Å². The van der Waals surface area contributed by atoms with Gasteiger partial charge < -0.3 is 10.3 Å². The van der Waals surface area contributed by atoms with Crippen molar-refractivity contribution >= 4 is 39.1 Å². The van der Waals surface area contributed by atoms with E-state index in [1.165, 1.54) is 28.6 Å². The Morgan fingerprint density at radius 3 is 2.81 bits per heavy atom. The number of hydrogen-bond acceptors (Lipinski definition) is 8. The van der Waals surface area contributed by atoms with Crippen molar-refractivity contribution in [3.05, 3.63) is 22.2 Å². The summed E-state index contributed by atoms with van der Waals surface area (Å²) in [6.07, 6.45) is 3.41. The Kier molecular flexibility index (Phi) is 4.43. The van der Waals surface area contributed by atoms with Gasteiger partial charge in [-0.2, -0.15) is 4.98 Å². The maximum Gasteiger partial charge on any atom is 0.232 e. The summed E-state index contributed by atoms with van der Waals surface area (Å²) in [5.74, 6) is 3.18. The fourth-order valence-corrected chi connectivity index (χ4v) is 5.30. The fraction of sp³-hybridized carbons (Fsp3) is 0.556. The number of aromatic nitrogens is 4. The molecule has 0 amide bonds. The molecule has 8 heteroatoms. The van der Waals surface area contributed by atoms with Crippen molar-refractivity contribution in [1.29, 1.82) is 0 Å². The number of aryl methyl sites for hydroxylation is 1. The SMILES string of the molecule is CC1CCc2c(sc3nc(SCc4noc(C(C)(C)C)n4)nc(N)c23)C1. The summed E-state index contributed by atoms with van der Waals surface area (Å²) in [5.41, 5.74) is 7.50. The molecule has 2 N–H and O–H groups in total. The van der Waals surface area contributed by atoms with Gasteiger partial charge in [0, 0.05) is 10.3 Å². The van der Waals surface area contributed by atoms with Crippen molar-refractivity contribution in [1.82, 2.24) is 20.1 Å². The van der Waals surface area contributed by atoms with Gasteiger partial charge in [-0.25, -0.2) is 9.97 Å². The van der Waals surface area contributed by atoms with Crippen molar-refractivity contribution in [2.45, 2.75) is 63.3 Å². The van der Waals surface area contributed by atoms with E-state index < -0.39 is 0 Å². The largest absolute Gasteiger partial charge is 0.383 e. The molecule has 3 aromatic heterocycles. The molecular weight excluding hydrogens is 366 g/mol. The highest BCUT2D eigenvalue weighted by molar-refractivity contribution is 7.98. The van der Waals surface area contributed by atoms with E-state index in [0.717, 1.165) is 29.0 Å². The van der Waals surface area contributed by atoms with Gasteiger partial charge in [-0.1, -0.05) is 44.6 Å². The van der Waals surface area contributed by atoms with Gasteiger partial charge in [-0.3, -0.25) is 0 Å². The second kappa shape index (κ2) is 6.49. The van der Waals surface area contributed by atoms with Crippen LogP contribution in [0.2, 0.25) is 0 Å². The standard InChI is InChI=1S/C18H23N5OS2/c1-9-5-6-10-11(7-9)26-15-13(10)14(19)21-17(22-15)25-8-12-20-16(24-23-12)18(2,3)4/h9H,5-8H2,1-4H3,(H2,19,21,22). The third-order valence-corrected chi connectivity index (χ3v) is 6.59. The maximum atomic E-state index is 6.28. The second-order valence-corrected chi connectivity index (χ2v) is 10.0. The highest BCUT2D eigenvalue weighted by Gasteiger charge is 2.24. The first-order chi connectivity index (χ1) is 12.3. The van der Waals surface area contributed by atoms with E-state index in [2.05, 4.69) is 42.8 Å². The first-order valence-electron chi connectivity index (χ1n) is 8.85. The Bertz CT molecular complexity index is 957. The van der Waals surface area contributed by atoms with E-state index in [9.17, 15) is 0 Å². The van der Waals surface area contributed by atoms with Crippen LogP contribution in [-0.4, -0.2) is 20.1 Å². The molecule has 0 aromatic carbocycles. The Hall–Kier alpha value is -1.67. The van der Waals surface area contributed by atoms with Crippen LogP contribution in [0.15, 0.2) is 9.68 Å². The molecule has 0 aliphatic heterocycles. The van der Waals surface area contributed by atoms with Crippen LogP contribution in [-0.2, 0) is 24.0 Å². The molecule has 0 spiro atoms. The summed E-state index contributed by atoms with van der Waals surface area (Å²) in [5, 5.41) is 5.79. The van der Waals surface area contributed by atoms with Crippen molar-refractivity contribution in [3.63, 3.8) is 0 Å². The van der Waals surface area contributed by atoms with E-state index in [1.54, 1.807) is 11.3 Å². The molecule has 0 fully saturated rings. The van der Waals surface area contributed by atoms with Crippen LogP contribution in [0.5, 0.6) is 0 Å². The molecule has 3 aromatic rings. The number of anilines is 1. The molecule has 1 unspecified atom stereocenters. The minimum absolute atomic E-state index is 0.150. The lowest BCUT2D eigenvalue weighted by atomic mass is 9.89. The van der Waals surface area contributed by atoms with Gasteiger partial charge in [-0.05, 0) is 30.7 Å². The second-order valence-electron chi connectivity index (χ2n) is 7.98. The smallest absolute Gasteiger partial charge is 0.232 e. The number of thioether (sulfide) groups is 1.